The zero-order chi connectivity index (χ0) is 14.4. The zero-order valence-corrected chi connectivity index (χ0v) is 12.4. The van der Waals surface area contributed by atoms with Crippen LogP contribution in [0.5, 0.6) is 5.75 Å². The SMILES string of the molecule is CNC(CN1CCCCCC1=O)c1ccccc1OC. The Morgan fingerprint density at radius 2 is 2.10 bits per heavy atom. The second kappa shape index (κ2) is 7.29. The van der Waals surface area contributed by atoms with Crippen LogP contribution >= 0.6 is 0 Å². The van der Waals surface area contributed by atoms with Crippen molar-refractivity contribution in [2.24, 2.45) is 0 Å². The van der Waals surface area contributed by atoms with Crippen molar-refractivity contribution < 1.29 is 9.53 Å². The molecule has 1 atom stereocenters. The van der Waals surface area contributed by atoms with Crippen molar-refractivity contribution in [1.82, 2.24) is 10.2 Å². The Morgan fingerprint density at radius 3 is 2.85 bits per heavy atom. The van der Waals surface area contributed by atoms with Crippen LogP contribution in [0, 0.1) is 0 Å². The summed E-state index contributed by atoms with van der Waals surface area (Å²) in [6, 6.07) is 8.10. The summed E-state index contributed by atoms with van der Waals surface area (Å²) in [4.78, 5) is 14.1. The molecule has 1 amide bonds. The summed E-state index contributed by atoms with van der Waals surface area (Å²) in [5, 5.41) is 3.31. The largest absolute Gasteiger partial charge is 0.496 e. The topological polar surface area (TPSA) is 41.6 Å². The Kier molecular flexibility index (Phi) is 5.41. The van der Waals surface area contributed by atoms with Crippen molar-refractivity contribution in [3.63, 3.8) is 0 Å². The van der Waals surface area contributed by atoms with Crippen molar-refractivity contribution in [2.45, 2.75) is 31.7 Å². The number of rotatable bonds is 5. The highest BCUT2D eigenvalue weighted by Crippen LogP contribution is 2.26. The lowest BCUT2D eigenvalue weighted by molar-refractivity contribution is -0.131. The van der Waals surface area contributed by atoms with E-state index in [1.165, 1.54) is 0 Å². The van der Waals surface area contributed by atoms with Crippen molar-refractivity contribution in [3.8, 4) is 5.75 Å². The molecule has 1 heterocycles. The smallest absolute Gasteiger partial charge is 0.222 e. The van der Waals surface area contributed by atoms with E-state index >= 15 is 0 Å². The average molecular weight is 276 g/mol. The Labute approximate surface area is 121 Å². The molecule has 4 nitrogen and oxygen atoms in total. The Bertz CT molecular complexity index is 448. The monoisotopic (exact) mass is 276 g/mol. The minimum Gasteiger partial charge on any atom is -0.496 e. The number of hydrogen-bond acceptors (Lipinski definition) is 3. The maximum atomic E-state index is 12.1. The summed E-state index contributed by atoms with van der Waals surface area (Å²) < 4.78 is 5.43. The predicted molar refractivity (Wildman–Crippen MR) is 79.8 cm³/mol. The van der Waals surface area contributed by atoms with Gasteiger partial charge in [-0.25, -0.2) is 0 Å². The van der Waals surface area contributed by atoms with E-state index in [9.17, 15) is 4.79 Å². The lowest BCUT2D eigenvalue weighted by atomic mass is 10.0. The minimum absolute atomic E-state index is 0.105. The van der Waals surface area contributed by atoms with Crippen LogP contribution in [-0.2, 0) is 4.79 Å². The normalized spacial score (nSPS) is 17.7. The summed E-state index contributed by atoms with van der Waals surface area (Å²) >= 11 is 0. The van der Waals surface area contributed by atoms with Crippen LogP contribution in [0.1, 0.15) is 37.3 Å². The van der Waals surface area contributed by atoms with Crippen LogP contribution in [0.15, 0.2) is 24.3 Å². The highest BCUT2D eigenvalue weighted by Gasteiger charge is 2.22. The third kappa shape index (κ3) is 3.51. The molecule has 0 bridgehead atoms. The highest BCUT2D eigenvalue weighted by atomic mass is 16.5. The first kappa shape index (κ1) is 14.9. The molecule has 0 aliphatic carbocycles. The summed E-state index contributed by atoms with van der Waals surface area (Å²) in [5.41, 5.74) is 1.11. The molecule has 0 aromatic heterocycles. The van der Waals surface area contributed by atoms with Crippen molar-refractivity contribution in [3.05, 3.63) is 29.8 Å². The highest BCUT2D eigenvalue weighted by molar-refractivity contribution is 5.76. The number of hydrogen-bond donors (Lipinski definition) is 1. The summed E-state index contributed by atoms with van der Waals surface area (Å²) in [6.07, 6.45) is 3.96. The number of benzene rings is 1. The van der Waals surface area contributed by atoms with Crippen LogP contribution in [0.3, 0.4) is 0 Å². The van der Waals surface area contributed by atoms with Crippen molar-refractivity contribution in [1.29, 1.82) is 0 Å². The van der Waals surface area contributed by atoms with E-state index in [1.807, 2.05) is 30.1 Å². The van der Waals surface area contributed by atoms with Crippen molar-refractivity contribution >= 4 is 5.91 Å². The van der Waals surface area contributed by atoms with Gasteiger partial charge in [-0.15, -0.1) is 0 Å². The van der Waals surface area contributed by atoms with E-state index in [4.69, 9.17) is 4.74 Å². The molecule has 1 saturated heterocycles. The van der Waals surface area contributed by atoms with Gasteiger partial charge in [0.25, 0.3) is 0 Å². The van der Waals surface area contributed by atoms with Crippen LogP contribution in [0.2, 0.25) is 0 Å². The van der Waals surface area contributed by atoms with Gasteiger partial charge in [0.2, 0.25) is 5.91 Å². The van der Waals surface area contributed by atoms with E-state index in [1.54, 1.807) is 7.11 Å². The molecule has 20 heavy (non-hydrogen) atoms. The number of methoxy groups -OCH3 is 1. The molecule has 1 fully saturated rings. The van der Waals surface area contributed by atoms with Gasteiger partial charge in [-0.1, -0.05) is 24.6 Å². The van der Waals surface area contributed by atoms with Gasteiger partial charge in [-0.3, -0.25) is 4.79 Å². The molecule has 1 aliphatic heterocycles. The molecule has 0 spiro atoms. The first-order valence-corrected chi connectivity index (χ1v) is 7.34. The Hall–Kier alpha value is -1.55. The van der Waals surface area contributed by atoms with Gasteiger partial charge in [0, 0.05) is 25.1 Å². The maximum Gasteiger partial charge on any atom is 0.222 e. The van der Waals surface area contributed by atoms with Gasteiger partial charge in [-0.2, -0.15) is 0 Å². The molecule has 110 valence electrons. The van der Waals surface area contributed by atoms with E-state index in [2.05, 4.69) is 11.4 Å². The predicted octanol–water partition coefficient (Wildman–Crippen LogP) is 2.36. The fourth-order valence-corrected chi connectivity index (χ4v) is 2.75. The summed E-state index contributed by atoms with van der Waals surface area (Å²) in [7, 11) is 3.61. The molecule has 4 heteroatoms. The molecule has 1 aliphatic rings. The van der Waals surface area contributed by atoms with Crippen LogP contribution in [-0.4, -0.2) is 38.1 Å². The molecule has 1 unspecified atom stereocenters. The lowest BCUT2D eigenvalue weighted by Crippen LogP contribution is -2.38. The van der Waals surface area contributed by atoms with Gasteiger partial charge in [0.05, 0.1) is 13.2 Å². The zero-order valence-electron chi connectivity index (χ0n) is 12.4. The fraction of sp³-hybridized carbons (Fsp3) is 0.562. The van der Waals surface area contributed by atoms with E-state index in [0.717, 1.165) is 37.1 Å². The number of carbonyl (C=O) groups excluding carboxylic acids is 1. The number of carbonyl (C=O) groups is 1. The number of nitrogens with one attached hydrogen (secondary N) is 1. The van der Waals surface area contributed by atoms with Crippen LogP contribution in [0.25, 0.3) is 0 Å². The first-order chi connectivity index (χ1) is 9.76. The third-order valence-electron chi connectivity index (χ3n) is 3.94. The summed E-state index contributed by atoms with van der Waals surface area (Å²) in [6.45, 7) is 1.57. The lowest BCUT2D eigenvalue weighted by Gasteiger charge is -2.27. The minimum atomic E-state index is 0.105. The number of nitrogens with zero attached hydrogens (tertiary/aromatic N) is 1. The fourth-order valence-electron chi connectivity index (χ4n) is 2.75. The van der Waals surface area contributed by atoms with Gasteiger partial charge >= 0.3 is 0 Å². The summed E-state index contributed by atoms with van der Waals surface area (Å²) in [5.74, 6) is 1.15. The quantitative estimate of drug-likeness (QED) is 0.897. The maximum absolute atomic E-state index is 12.1. The number of ether oxygens (including phenoxy) is 1. The van der Waals surface area contributed by atoms with Gasteiger partial charge in [0.15, 0.2) is 0 Å². The van der Waals surface area contributed by atoms with Crippen LogP contribution in [0.4, 0.5) is 0 Å². The van der Waals surface area contributed by atoms with Crippen LogP contribution < -0.4 is 10.1 Å². The molecule has 1 aromatic carbocycles. The molecule has 1 aromatic rings. The average Bonchev–Trinajstić information content (AvgIpc) is 2.69. The van der Waals surface area contributed by atoms with Crippen molar-refractivity contribution in [2.75, 3.05) is 27.2 Å². The second-order valence-corrected chi connectivity index (χ2v) is 5.23. The Balaban J connectivity index is 2.13. The van der Waals surface area contributed by atoms with Gasteiger partial charge in [0.1, 0.15) is 5.75 Å². The molecular formula is C16H24N2O2. The van der Waals surface area contributed by atoms with Gasteiger partial charge < -0.3 is 15.0 Å². The van der Waals surface area contributed by atoms with E-state index in [0.29, 0.717) is 13.0 Å². The molecule has 0 saturated carbocycles. The molecule has 1 N–H and O–H groups in total. The number of para-hydroxylation sites is 1. The molecular weight excluding hydrogens is 252 g/mol. The molecule has 0 radical (unpaired) electrons. The third-order valence-corrected chi connectivity index (χ3v) is 3.94. The first-order valence-electron chi connectivity index (χ1n) is 7.34. The number of likely N-dealkylation sites (tertiary alicyclic amines) is 1. The number of likely N-dealkylation sites (N-methyl/N-ethyl adjacent to an activating group) is 1. The second-order valence-electron chi connectivity index (χ2n) is 5.23. The Morgan fingerprint density at radius 1 is 1.30 bits per heavy atom. The van der Waals surface area contributed by atoms with E-state index < -0.39 is 0 Å². The standard InChI is InChI=1S/C16H24N2O2/c1-17-14(13-8-5-6-9-15(13)20-2)12-18-11-7-3-4-10-16(18)19/h5-6,8-9,14,17H,3-4,7,10-12H2,1-2H3. The number of amides is 1. The van der Waals surface area contributed by atoms with Gasteiger partial charge in [-0.05, 0) is 26.0 Å². The van der Waals surface area contributed by atoms with E-state index in [-0.39, 0.29) is 11.9 Å². The molecule has 2 rings (SSSR count).